The van der Waals surface area contributed by atoms with Gasteiger partial charge in [-0.15, -0.1) is 0 Å². The van der Waals surface area contributed by atoms with Crippen LogP contribution in [0.15, 0.2) is 24.3 Å². The molecule has 112 valence electrons. The van der Waals surface area contributed by atoms with Crippen LogP contribution in [0.4, 0.5) is 0 Å². The Labute approximate surface area is 120 Å². The minimum atomic E-state index is -0.660. The monoisotopic (exact) mass is 280 g/mol. The SMILES string of the molecule is CCNC(=O)C(C)NCC(O)COc1cccc(C)c1. The highest BCUT2D eigenvalue weighted by Gasteiger charge is 2.13. The van der Waals surface area contributed by atoms with Crippen LogP contribution in [0, 0.1) is 6.92 Å². The van der Waals surface area contributed by atoms with Crippen molar-refractivity contribution in [3.8, 4) is 5.75 Å². The Bertz CT molecular complexity index is 423. The summed E-state index contributed by atoms with van der Waals surface area (Å²) in [5.41, 5.74) is 1.11. The zero-order valence-electron chi connectivity index (χ0n) is 12.3. The third kappa shape index (κ3) is 6.04. The number of likely N-dealkylation sites (N-methyl/N-ethyl adjacent to an activating group) is 1. The fraction of sp³-hybridized carbons (Fsp3) is 0.533. The summed E-state index contributed by atoms with van der Waals surface area (Å²) >= 11 is 0. The van der Waals surface area contributed by atoms with E-state index in [1.165, 1.54) is 0 Å². The number of benzene rings is 1. The molecule has 1 amide bonds. The first-order valence-electron chi connectivity index (χ1n) is 6.91. The van der Waals surface area contributed by atoms with Gasteiger partial charge in [0.25, 0.3) is 0 Å². The fourth-order valence-corrected chi connectivity index (χ4v) is 1.69. The van der Waals surface area contributed by atoms with Gasteiger partial charge in [-0.05, 0) is 38.5 Å². The summed E-state index contributed by atoms with van der Waals surface area (Å²) < 4.78 is 5.50. The Hall–Kier alpha value is -1.59. The third-order valence-corrected chi connectivity index (χ3v) is 2.84. The summed E-state index contributed by atoms with van der Waals surface area (Å²) in [5, 5.41) is 15.5. The van der Waals surface area contributed by atoms with E-state index in [9.17, 15) is 9.90 Å². The second-order valence-corrected chi connectivity index (χ2v) is 4.81. The lowest BCUT2D eigenvalue weighted by molar-refractivity contribution is -0.122. The molecule has 3 N–H and O–H groups in total. The Morgan fingerprint density at radius 2 is 2.20 bits per heavy atom. The van der Waals surface area contributed by atoms with Crippen LogP contribution in [0.1, 0.15) is 19.4 Å². The van der Waals surface area contributed by atoms with Gasteiger partial charge in [-0.3, -0.25) is 4.79 Å². The van der Waals surface area contributed by atoms with Crippen LogP contribution in [-0.2, 0) is 4.79 Å². The molecule has 1 rings (SSSR count). The summed E-state index contributed by atoms with van der Waals surface area (Å²) in [5.74, 6) is 0.667. The van der Waals surface area contributed by atoms with Crippen LogP contribution in [0.5, 0.6) is 5.75 Å². The van der Waals surface area contributed by atoms with Crippen molar-refractivity contribution in [2.24, 2.45) is 0 Å². The lowest BCUT2D eigenvalue weighted by atomic mass is 10.2. The minimum Gasteiger partial charge on any atom is -0.491 e. The smallest absolute Gasteiger partial charge is 0.236 e. The van der Waals surface area contributed by atoms with E-state index in [0.717, 1.165) is 11.3 Å². The summed E-state index contributed by atoms with van der Waals surface area (Å²) in [7, 11) is 0. The van der Waals surface area contributed by atoms with E-state index in [4.69, 9.17) is 4.74 Å². The van der Waals surface area contributed by atoms with Crippen molar-refractivity contribution in [3.05, 3.63) is 29.8 Å². The van der Waals surface area contributed by atoms with E-state index in [-0.39, 0.29) is 18.6 Å². The Morgan fingerprint density at radius 1 is 1.45 bits per heavy atom. The summed E-state index contributed by atoms with van der Waals surface area (Å²) in [6.07, 6.45) is -0.660. The van der Waals surface area contributed by atoms with E-state index >= 15 is 0 Å². The molecular formula is C15H24N2O3. The molecule has 1 aromatic rings. The van der Waals surface area contributed by atoms with Gasteiger partial charge in [-0.25, -0.2) is 0 Å². The molecule has 0 saturated heterocycles. The van der Waals surface area contributed by atoms with Crippen LogP contribution in [0.2, 0.25) is 0 Å². The first-order valence-corrected chi connectivity index (χ1v) is 6.91. The average Bonchev–Trinajstić information content (AvgIpc) is 2.42. The molecule has 0 aliphatic heterocycles. The largest absolute Gasteiger partial charge is 0.491 e. The first-order chi connectivity index (χ1) is 9.52. The van der Waals surface area contributed by atoms with Gasteiger partial charge in [-0.2, -0.15) is 0 Å². The van der Waals surface area contributed by atoms with Crippen molar-refractivity contribution in [2.45, 2.75) is 32.9 Å². The maximum absolute atomic E-state index is 11.5. The maximum atomic E-state index is 11.5. The van der Waals surface area contributed by atoms with Crippen molar-refractivity contribution < 1.29 is 14.6 Å². The lowest BCUT2D eigenvalue weighted by Gasteiger charge is -2.17. The van der Waals surface area contributed by atoms with Gasteiger partial charge in [-0.1, -0.05) is 12.1 Å². The van der Waals surface area contributed by atoms with E-state index in [2.05, 4.69) is 10.6 Å². The number of hydrogen-bond donors (Lipinski definition) is 3. The number of carbonyl (C=O) groups is 1. The molecule has 0 saturated carbocycles. The number of ether oxygens (including phenoxy) is 1. The van der Waals surface area contributed by atoms with Gasteiger partial charge in [0.1, 0.15) is 18.5 Å². The average molecular weight is 280 g/mol. The second-order valence-electron chi connectivity index (χ2n) is 4.81. The Morgan fingerprint density at radius 3 is 2.85 bits per heavy atom. The third-order valence-electron chi connectivity index (χ3n) is 2.84. The summed E-state index contributed by atoms with van der Waals surface area (Å²) in [4.78, 5) is 11.5. The zero-order valence-corrected chi connectivity index (χ0v) is 12.3. The van der Waals surface area contributed by atoms with E-state index in [1.807, 2.05) is 38.1 Å². The molecule has 0 aromatic heterocycles. The predicted molar refractivity (Wildman–Crippen MR) is 78.8 cm³/mol. The van der Waals surface area contributed by atoms with Gasteiger partial charge >= 0.3 is 0 Å². The molecule has 0 aliphatic carbocycles. The van der Waals surface area contributed by atoms with Crippen LogP contribution in [0.25, 0.3) is 0 Å². The molecule has 0 fully saturated rings. The summed E-state index contributed by atoms with van der Waals surface area (Å²) in [6, 6.07) is 7.33. The van der Waals surface area contributed by atoms with E-state index in [0.29, 0.717) is 13.1 Å². The number of nitrogens with one attached hydrogen (secondary N) is 2. The molecule has 2 atom stereocenters. The maximum Gasteiger partial charge on any atom is 0.236 e. The summed E-state index contributed by atoms with van der Waals surface area (Å²) in [6.45, 7) is 6.72. The zero-order chi connectivity index (χ0) is 15.0. The predicted octanol–water partition coefficient (Wildman–Crippen LogP) is 0.849. The van der Waals surface area contributed by atoms with Crippen LogP contribution in [0.3, 0.4) is 0 Å². The molecule has 0 bridgehead atoms. The number of amides is 1. The highest BCUT2D eigenvalue weighted by atomic mass is 16.5. The quantitative estimate of drug-likeness (QED) is 0.660. The van der Waals surface area contributed by atoms with Crippen molar-refractivity contribution in [1.82, 2.24) is 10.6 Å². The minimum absolute atomic E-state index is 0.0701. The standard InChI is InChI=1S/C15H24N2O3/c1-4-16-15(19)12(3)17-9-13(18)10-20-14-7-5-6-11(2)8-14/h5-8,12-13,17-18H,4,9-10H2,1-3H3,(H,16,19). The molecular weight excluding hydrogens is 256 g/mol. The molecule has 0 spiro atoms. The lowest BCUT2D eigenvalue weighted by Crippen LogP contribution is -2.45. The van der Waals surface area contributed by atoms with Gasteiger partial charge in [0, 0.05) is 13.1 Å². The van der Waals surface area contributed by atoms with Crippen molar-refractivity contribution in [1.29, 1.82) is 0 Å². The Kier molecular flexibility index (Phi) is 7.04. The molecule has 0 heterocycles. The molecule has 0 radical (unpaired) electrons. The number of hydrogen-bond acceptors (Lipinski definition) is 4. The molecule has 20 heavy (non-hydrogen) atoms. The normalized spacial score (nSPS) is 13.6. The fourth-order valence-electron chi connectivity index (χ4n) is 1.69. The molecule has 0 aliphatic rings. The van der Waals surface area contributed by atoms with Gasteiger partial charge in [0.05, 0.1) is 6.04 Å². The molecule has 5 heteroatoms. The molecule has 5 nitrogen and oxygen atoms in total. The van der Waals surface area contributed by atoms with Crippen LogP contribution < -0.4 is 15.4 Å². The van der Waals surface area contributed by atoms with Crippen LogP contribution in [-0.4, -0.2) is 42.9 Å². The number of aryl methyl sites for hydroxylation is 1. The number of aliphatic hydroxyl groups excluding tert-OH is 1. The number of aliphatic hydroxyl groups is 1. The number of carbonyl (C=O) groups excluding carboxylic acids is 1. The van der Waals surface area contributed by atoms with Gasteiger partial charge in [0.15, 0.2) is 0 Å². The van der Waals surface area contributed by atoms with Crippen molar-refractivity contribution in [2.75, 3.05) is 19.7 Å². The van der Waals surface area contributed by atoms with E-state index < -0.39 is 6.10 Å². The highest BCUT2D eigenvalue weighted by molar-refractivity contribution is 5.81. The van der Waals surface area contributed by atoms with Crippen molar-refractivity contribution >= 4 is 5.91 Å². The Balaban J connectivity index is 2.26. The van der Waals surface area contributed by atoms with Gasteiger partial charge < -0.3 is 20.5 Å². The topological polar surface area (TPSA) is 70.6 Å². The van der Waals surface area contributed by atoms with Crippen molar-refractivity contribution in [3.63, 3.8) is 0 Å². The van der Waals surface area contributed by atoms with E-state index in [1.54, 1.807) is 6.92 Å². The molecule has 1 aromatic carbocycles. The van der Waals surface area contributed by atoms with Gasteiger partial charge in [0.2, 0.25) is 5.91 Å². The second kappa shape index (κ2) is 8.55. The number of rotatable bonds is 8. The molecule has 2 unspecified atom stereocenters. The first kappa shape index (κ1) is 16.5. The highest BCUT2D eigenvalue weighted by Crippen LogP contribution is 2.12. The van der Waals surface area contributed by atoms with Crippen LogP contribution >= 0.6 is 0 Å².